The molecule has 0 atom stereocenters. The SMILES string of the molecule is C[Si](C)(F)CCCCOCC[Si](C)(C)F. The van der Waals surface area contributed by atoms with Crippen LogP contribution in [0.1, 0.15) is 12.8 Å². The first kappa shape index (κ1) is 15.3. The van der Waals surface area contributed by atoms with E-state index in [9.17, 15) is 8.22 Å². The Morgan fingerprint density at radius 1 is 0.800 bits per heavy atom. The van der Waals surface area contributed by atoms with E-state index >= 15 is 0 Å². The molecule has 1 nitrogen and oxygen atoms in total. The molecule has 0 rings (SSSR count). The molecule has 5 heteroatoms. The summed E-state index contributed by atoms with van der Waals surface area (Å²) in [4.78, 5) is 0. The molecule has 0 bridgehead atoms. The minimum absolute atomic E-state index is 0.520. The van der Waals surface area contributed by atoms with Crippen molar-refractivity contribution in [1.29, 1.82) is 0 Å². The maximum Gasteiger partial charge on any atom is 0.243 e. The lowest BCUT2D eigenvalue weighted by atomic mass is 10.4. The summed E-state index contributed by atoms with van der Waals surface area (Å²) in [6.07, 6.45) is 1.79. The highest BCUT2D eigenvalue weighted by atomic mass is 28.4. The third kappa shape index (κ3) is 14.3. The van der Waals surface area contributed by atoms with Gasteiger partial charge in [-0.1, -0.05) is 6.42 Å². The summed E-state index contributed by atoms with van der Waals surface area (Å²) in [5.74, 6) is 0. The molecule has 0 aliphatic carbocycles. The Kier molecular flexibility index (Phi) is 6.87. The molecule has 0 aromatic carbocycles. The average Bonchev–Trinajstić information content (AvgIpc) is 1.98. The van der Waals surface area contributed by atoms with E-state index in [4.69, 9.17) is 4.74 Å². The smallest absolute Gasteiger partial charge is 0.243 e. The van der Waals surface area contributed by atoms with Crippen molar-refractivity contribution in [1.82, 2.24) is 0 Å². The molecule has 0 fully saturated rings. The van der Waals surface area contributed by atoms with Gasteiger partial charge in [-0.05, 0) is 44.7 Å². The Morgan fingerprint density at radius 2 is 1.33 bits per heavy atom. The monoisotopic (exact) mass is 254 g/mol. The van der Waals surface area contributed by atoms with Gasteiger partial charge in [0.2, 0.25) is 16.8 Å². The van der Waals surface area contributed by atoms with Crippen molar-refractivity contribution in [2.24, 2.45) is 0 Å². The lowest BCUT2D eigenvalue weighted by Crippen LogP contribution is -2.20. The first-order chi connectivity index (χ1) is 6.71. The number of hydrogen-bond acceptors (Lipinski definition) is 1. The second-order valence-corrected chi connectivity index (χ2v) is 13.1. The molecule has 0 N–H and O–H groups in total. The molecule has 0 aliphatic heterocycles. The molecule has 15 heavy (non-hydrogen) atoms. The largest absolute Gasteiger partial charge is 0.382 e. The van der Waals surface area contributed by atoms with Crippen LogP contribution in [-0.4, -0.2) is 30.0 Å². The van der Waals surface area contributed by atoms with Crippen molar-refractivity contribution in [3.63, 3.8) is 0 Å². The summed E-state index contributed by atoms with van der Waals surface area (Å²) in [6.45, 7) is 8.00. The molecule has 0 heterocycles. The average molecular weight is 254 g/mol. The molecule has 92 valence electrons. The van der Waals surface area contributed by atoms with Crippen molar-refractivity contribution in [3.8, 4) is 0 Å². The van der Waals surface area contributed by atoms with Gasteiger partial charge in [0, 0.05) is 13.2 Å². The lowest BCUT2D eigenvalue weighted by molar-refractivity contribution is 0.142. The Morgan fingerprint density at radius 3 is 1.80 bits per heavy atom. The number of ether oxygens (including phenoxy) is 1. The van der Waals surface area contributed by atoms with Crippen LogP contribution in [0.5, 0.6) is 0 Å². The Labute approximate surface area is 94.6 Å². The van der Waals surface area contributed by atoms with Crippen LogP contribution in [-0.2, 0) is 4.74 Å². The van der Waals surface area contributed by atoms with Gasteiger partial charge < -0.3 is 13.0 Å². The normalized spacial score (nSPS) is 13.2. The van der Waals surface area contributed by atoms with Gasteiger partial charge in [0.15, 0.2) is 0 Å². The summed E-state index contributed by atoms with van der Waals surface area (Å²) in [6, 6.07) is 1.27. The zero-order valence-electron chi connectivity index (χ0n) is 10.4. The molecule has 0 unspecified atom stereocenters. The number of hydrogen-bond donors (Lipinski definition) is 0. The first-order valence-corrected chi connectivity index (χ1v) is 11.8. The van der Waals surface area contributed by atoms with E-state index in [0.717, 1.165) is 12.8 Å². The summed E-state index contributed by atoms with van der Waals surface area (Å²) in [5.41, 5.74) is 0. The molecule has 0 spiro atoms. The van der Waals surface area contributed by atoms with Crippen LogP contribution in [0.15, 0.2) is 0 Å². The quantitative estimate of drug-likeness (QED) is 0.359. The van der Waals surface area contributed by atoms with Gasteiger partial charge in [-0.15, -0.1) is 0 Å². The van der Waals surface area contributed by atoms with Crippen LogP contribution < -0.4 is 0 Å². The van der Waals surface area contributed by atoms with E-state index in [1.165, 1.54) is 0 Å². The molecule has 0 aromatic rings. The van der Waals surface area contributed by atoms with Gasteiger partial charge in [-0.3, -0.25) is 0 Å². The van der Waals surface area contributed by atoms with Gasteiger partial charge in [-0.25, -0.2) is 0 Å². The minimum atomic E-state index is -2.43. The van der Waals surface area contributed by atoms with E-state index in [1.54, 1.807) is 26.2 Å². The fourth-order valence-electron chi connectivity index (χ4n) is 1.17. The zero-order chi connectivity index (χ0) is 11.9. The van der Waals surface area contributed by atoms with E-state index in [2.05, 4.69) is 0 Å². The van der Waals surface area contributed by atoms with Crippen molar-refractivity contribution in [3.05, 3.63) is 0 Å². The maximum absolute atomic E-state index is 13.2. The summed E-state index contributed by atoms with van der Waals surface area (Å²) in [7, 11) is -4.80. The molecule has 0 aliphatic rings. The number of halogens is 2. The predicted molar refractivity (Wildman–Crippen MR) is 66.8 cm³/mol. The molecule has 0 amide bonds. The van der Waals surface area contributed by atoms with Crippen LogP contribution in [0, 0.1) is 0 Å². The molecule has 0 aromatic heterocycles. The van der Waals surface area contributed by atoms with Gasteiger partial charge in [0.1, 0.15) is 0 Å². The van der Waals surface area contributed by atoms with Gasteiger partial charge in [0.25, 0.3) is 0 Å². The Hall–Kier alpha value is 0.254. The highest BCUT2D eigenvalue weighted by molar-refractivity contribution is 6.70. The van der Waals surface area contributed by atoms with E-state index in [0.29, 0.717) is 25.3 Å². The van der Waals surface area contributed by atoms with E-state index < -0.39 is 16.8 Å². The molecular formula is C10H24F2OSi2. The van der Waals surface area contributed by atoms with Crippen molar-refractivity contribution >= 4 is 16.8 Å². The zero-order valence-corrected chi connectivity index (χ0v) is 12.4. The predicted octanol–water partition coefficient (Wildman–Crippen LogP) is 4.13. The summed E-state index contributed by atoms with van der Waals surface area (Å²) < 4.78 is 31.6. The van der Waals surface area contributed by atoms with Gasteiger partial charge >= 0.3 is 0 Å². The van der Waals surface area contributed by atoms with Crippen molar-refractivity contribution in [2.45, 2.75) is 51.1 Å². The van der Waals surface area contributed by atoms with Gasteiger partial charge in [-0.2, -0.15) is 0 Å². The number of rotatable bonds is 8. The first-order valence-electron chi connectivity index (χ1n) is 5.66. The lowest BCUT2D eigenvalue weighted by Gasteiger charge is -2.12. The van der Waals surface area contributed by atoms with Crippen LogP contribution in [0.4, 0.5) is 8.22 Å². The van der Waals surface area contributed by atoms with Gasteiger partial charge in [0.05, 0.1) is 0 Å². The van der Waals surface area contributed by atoms with Crippen molar-refractivity contribution < 1.29 is 13.0 Å². The Balaban J connectivity index is 3.20. The molecular weight excluding hydrogens is 230 g/mol. The van der Waals surface area contributed by atoms with E-state index in [1.807, 2.05) is 0 Å². The third-order valence-electron chi connectivity index (χ3n) is 2.15. The maximum atomic E-state index is 13.2. The fraction of sp³-hybridized carbons (Fsp3) is 1.00. The fourth-order valence-corrected chi connectivity index (χ4v) is 2.89. The number of unbranched alkanes of at least 4 members (excludes halogenated alkanes) is 1. The summed E-state index contributed by atoms with van der Waals surface area (Å²) in [5, 5.41) is 0. The molecule has 0 saturated heterocycles. The van der Waals surface area contributed by atoms with E-state index in [-0.39, 0.29) is 0 Å². The third-order valence-corrected chi connectivity index (χ3v) is 5.09. The Bertz CT molecular complexity index is 146. The summed E-state index contributed by atoms with van der Waals surface area (Å²) >= 11 is 0. The van der Waals surface area contributed by atoms with Crippen LogP contribution in [0.2, 0.25) is 38.3 Å². The second-order valence-electron chi connectivity index (χ2n) is 5.26. The minimum Gasteiger partial charge on any atom is -0.382 e. The highest BCUT2D eigenvalue weighted by Gasteiger charge is 2.20. The van der Waals surface area contributed by atoms with Crippen molar-refractivity contribution in [2.75, 3.05) is 13.2 Å². The topological polar surface area (TPSA) is 9.23 Å². The van der Waals surface area contributed by atoms with Crippen LogP contribution in [0.3, 0.4) is 0 Å². The second kappa shape index (κ2) is 6.75. The van der Waals surface area contributed by atoms with Crippen LogP contribution >= 0.6 is 0 Å². The standard InChI is InChI=1S/C10H24F2OSi2/c1-14(2,11)9-6-5-7-13-8-10-15(3,4)12/h5-10H2,1-4H3. The molecule has 0 saturated carbocycles. The highest BCUT2D eigenvalue weighted by Crippen LogP contribution is 2.14. The van der Waals surface area contributed by atoms with Crippen LogP contribution in [0.25, 0.3) is 0 Å². The molecule has 0 radical (unpaired) electrons.